The van der Waals surface area contributed by atoms with Crippen LogP contribution in [0.4, 0.5) is 0 Å². The van der Waals surface area contributed by atoms with Crippen LogP contribution in [0.5, 0.6) is 0 Å². The Morgan fingerprint density at radius 3 is 2.29 bits per heavy atom. The smallest absolute Gasteiger partial charge is 0.338 e. The summed E-state index contributed by atoms with van der Waals surface area (Å²) >= 11 is 0. The first kappa shape index (κ1) is 17.7. The van der Waals surface area contributed by atoms with Crippen LogP contribution in [0.2, 0.25) is 0 Å². The van der Waals surface area contributed by atoms with Gasteiger partial charge in [0.25, 0.3) is 0 Å². The molecule has 0 atom stereocenters. The summed E-state index contributed by atoms with van der Waals surface area (Å²) in [6.45, 7) is 3.72. The van der Waals surface area contributed by atoms with E-state index in [0.29, 0.717) is 12.1 Å². The van der Waals surface area contributed by atoms with Gasteiger partial charge >= 0.3 is 5.97 Å². The number of amides is 1. The molecule has 5 heteroatoms. The third-order valence-electron chi connectivity index (χ3n) is 3.64. The molecule has 0 fully saturated rings. The topological polar surface area (TPSA) is 81.4 Å². The molecule has 0 saturated heterocycles. The molecule has 1 amide bonds. The molecule has 0 aliphatic rings. The Bertz CT molecular complexity index is 731. The van der Waals surface area contributed by atoms with E-state index in [-0.39, 0.29) is 11.9 Å². The zero-order valence-electron chi connectivity index (χ0n) is 14.1. The molecule has 2 aromatic rings. The van der Waals surface area contributed by atoms with E-state index in [1.807, 2.05) is 36.4 Å². The molecule has 0 saturated carbocycles. The molecule has 0 radical (unpaired) electrons. The molecule has 24 heavy (non-hydrogen) atoms. The first-order chi connectivity index (χ1) is 11.3. The molecule has 2 rings (SSSR count). The van der Waals surface area contributed by atoms with Crippen LogP contribution in [0.3, 0.4) is 0 Å². The van der Waals surface area contributed by atoms with Gasteiger partial charge in [0, 0.05) is 6.54 Å². The fourth-order valence-electron chi connectivity index (χ4n) is 2.24. The van der Waals surface area contributed by atoms with Crippen molar-refractivity contribution in [2.24, 2.45) is 5.73 Å². The number of carbonyl (C=O) groups excluding carboxylic acids is 2. The lowest BCUT2D eigenvalue weighted by Crippen LogP contribution is -2.48. The minimum atomic E-state index is -0.903. The van der Waals surface area contributed by atoms with E-state index in [2.05, 4.69) is 5.32 Å². The van der Waals surface area contributed by atoms with Crippen molar-refractivity contribution in [2.75, 3.05) is 7.11 Å². The van der Waals surface area contributed by atoms with Gasteiger partial charge < -0.3 is 15.8 Å². The zero-order valence-corrected chi connectivity index (χ0v) is 14.1. The molecule has 0 aliphatic heterocycles. The van der Waals surface area contributed by atoms with Crippen LogP contribution in [-0.2, 0) is 16.1 Å². The van der Waals surface area contributed by atoms with Gasteiger partial charge in [-0.2, -0.15) is 0 Å². The van der Waals surface area contributed by atoms with Crippen molar-refractivity contribution >= 4 is 11.9 Å². The average molecular weight is 326 g/mol. The van der Waals surface area contributed by atoms with Crippen molar-refractivity contribution < 1.29 is 14.3 Å². The largest absolute Gasteiger partial charge is 0.465 e. The maximum atomic E-state index is 11.9. The number of methoxy groups -OCH3 is 1. The minimum Gasteiger partial charge on any atom is -0.465 e. The molecule has 0 spiro atoms. The Balaban J connectivity index is 2.16. The highest BCUT2D eigenvalue weighted by Crippen LogP contribution is 2.24. The van der Waals surface area contributed by atoms with Gasteiger partial charge in [-0.3, -0.25) is 4.79 Å². The molecule has 5 nitrogen and oxygen atoms in total. The van der Waals surface area contributed by atoms with Crippen molar-refractivity contribution in [2.45, 2.75) is 25.9 Å². The maximum absolute atomic E-state index is 11.9. The lowest BCUT2D eigenvalue weighted by atomic mass is 9.98. The monoisotopic (exact) mass is 326 g/mol. The minimum absolute atomic E-state index is 0.206. The van der Waals surface area contributed by atoms with E-state index in [9.17, 15) is 9.59 Å². The molecule has 3 N–H and O–H groups in total. The number of benzene rings is 2. The van der Waals surface area contributed by atoms with E-state index in [1.54, 1.807) is 26.0 Å². The van der Waals surface area contributed by atoms with Crippen molar-refractivity contribution in [3.8, 4) is 11.1 Å². The van der Waals surface area contributed by atoms with Crippen molar-refractivity contribution in [3.63, 3.8) is 0 Å². The molecule has 2 aromatic carbocycles. The van der Waals surface area contributed by atoms with Gasteiger partial charge in [0.05, 0.1) is 18.2 Å². The molecule has 126 valence electrons. The Labute approximate surface area is 141 Å². The Morgan fingerprint density at radius 2 is 1.71 bits per heavy atom. The second kappa shape index (κ2) is 7.27. The highest BCUT2D eigenvalue weighted by Gasteiger charge is 2.21. The summed E-state index contributed by atoms with van der Waals surface area (Å²) in [6, 6.07) is 14.9. The van der Waals surface area contributed by atoms with Crippen LogP contribution in [0.15, 0.2) is 48.5 Å². The van der Waals surface area contributed by atoms with E-state index >= 15 is 0 Å². The summed E-state index contributed by atoms with van der Waals surface area (Å²) < 4.78 is 4.82. The van der Waals surface area contributed by atoms with Crippen molar-refractivity contribution in [1.82, 2.24) is 5.32 Å². The molecule has 0 aliphatic carbocycles. The second-order valence-corrected chi connectivity index (χ2v) is 6.14. The first-order valence-corrected chi connectivity index (χ1v) is 7.67. The summed E-state index contributed by atoms with van der Waals surface area (Å²) in [4.78, 5) is 23.7. The number of carbonyl (C=O) groups is 2. The Morgan fingerprint density at radius 1 is 1.08 bits per heavy atom. The van der Waals surface area contributed by atoms with E-state index in [1.165, 1.54) is 7.11 Å². The normalized spacial score (nSPS) is 11.0. The number of hydrogen-bond acceptors (Lipinski definition) is 4. The van der Waals surface area contributed by atoms with Gasteiger partial charge in [0.15, 0.2) is 0 Å². The molecule has 0 heterocycles. The van der Waals surface area contributed by atoms with Gasteiger partial charge in [-0.25, -0.2) is 4.79 Å². The third-order valence-corrected chi connectivity index (χ3v) is 3.64. The summed E-state index contributed by atoms with van der Waals surface area (Å²) in [6.07, 6.45) is 0. The fourth-order valence-corrected chi connectivity index (χ4v) is 2.24. The lowest BCUT2D eigenvalue weighted by molar-refractivity contribution is -0.125. The standard InChI is InChI=1S/C19H22N2O3/c1-19(2,20)18(23)21-12-13-8-10-14(11-9-13)15-6-4-5-7-16(15)17(22)24-3/h4-11H,12,20H2,1-3H3,(H,21,23). The maximum Gasteiger partial charge on any atom is 0.338 e. The van der Waals surface area contributed by atoms with E-state index in [4.69, 9.17) is 10.5 Å². The first-order valence-electron chi connectivity index (χ1n) is 7.67. The molecule has 0 unspecified atom stereocenters. The third kappa shape index (κ3) is 4.20. The van der Waals surface area contributed by atoms with Crippen LogP contribution in [0.25, 0.3) is 11.1 Å². The number of ether oxygens (including phenoxy) is 1. The molecule has 0 aromatic heterocycles. The van der Waals surface area contributed by atoms with Gasteiger partial charge in [0.1, 0.15) is 0 Å². The van der Waals surface area contributed by atoms with Crippen molar-refractivity contribution in [3.05, 3.63) is 59.7 Å². The van der Waals surface area contributed by atoms with Crippen LogP contribution in [-0.4, -0.2) is 24.5 Å². The number of nitrogens with two attached hydrogens (primary N) is 1. The van der Waals surface area contributed by atoms with Crippen LogP contribution in [0, 0.1) is 0 Å². The van der Waals surface area contributed by atoms with E-state index < -0.39 is 5.54 Å². The van der Waals surface area contributed by atoms with E-state index in [0.717, 1.165) is 16.7 Å². The van der Waals surface area contributed by atoms with Gasteiger partial charge in [0.2, 0.25) is 5.91 Å². The number of nitrogens with one attached hydrogen (secondary N) is 1. The van der Waals surface area contributed by atoms with Crippen LogP contribution >= 0.6 is 0 Å². The summed E-state index contributed by atoms with van der Waals surface area (Å²) in [5.74, 6) is -0.574. The highest BCUT2D eigenvalue weighted by atomic mass is 16.5. The fraction of sp³-hybridized carbons (Fsp3) is 0.263. The van der Waals surface area contributed by atoms with Crippen molar-refractivity contribution in [1.29, 1.82) is 0 Å². The van der Waals surface area contributed by atoms with Gasteiger partial charge in [-0.05, 0) is 36.6 Å². The molecular formula is C19H22N2O3. The number of esters is 1. The highest BCUT2D eigenvalue weighted by molar-refractivity contribution is 5.97. The lowest BCUT2D eigenvalue weighted by Gasteiger charge is -2.17. The predicted molar refractivity (Wildman–Crippen MR) is 93.3 cm³/mol. The summed E-state index contributed by atoms with van der Waals surface area (Å²) in [5, 5.41) is 2.80. The number of hydrogen-bond donors (Lipinski definition) is 2. The zero-order chi connectivity index (χ0) is 17.7. The quantitative estimate of drug-likeness (QED) is 0.827. The van der Waals surface area contributed by atoms with Crippen LogP contribution in [0.1, 0.15) is 29.8 Å². The Hall–Kier alpha value is -2.66. The number of rotatable bonds is 5. The second-order valence-electron chi connectivity index (χ2n) is 6.14. The SMILES string of the molecule is COC(=O)c1ccccc1-c1ccc(CNC(=O)C(C)(C)N)cc1. The summed E-state index contributed by atoms with van der Waals surface area (Å²) in [5.41, 5.74) is 8.03. The average Bonchev–Trinajstić information content (AvgIpc) is 2.58. The molecule has 0 bridgehead atoms. The van der Waals surface area contributed by atoms with Crippen LogP contribution < -0.4 is 11.1 Å². The predicted octanol–water partition coefficient (Wildman–Crippen LogP) is 2.49. The summed E-state index contributed by atoms with van der Waals surface area (Å²) in [7, 11) is 1.36. The van der Waals surface area contributed by atoms with Gasteiger partial charge in [-0.1, -0.05) is 42.5 Å². The van der Waals surface area contributed by atoms with Gasteiger partial charge in [-0.15, -0.1) is 0 Å². The Kier molecular flexibility index (Phi) is 5.36. The molecular weight excluding hydrogens is 304 g/mol.